The van der Waals surface area contributed by atoms with Crippen LogP contribution in [0.3, 0.4) is 0 Å². The molecule has 0 spiro atoms. The van der Waals surface area contributed by atoms with E-state index in [1.165, 1.54) is 0 Å². The van der Waals surface area contributed by atoms with Crippen LogP contribution < -0.4 is 15.0 Å². The summed E-state index contributed by atoms with van der Waals surface area (Å²) in [5.41, 5.74) is 0. The first-order chi connectivity index (χ1) is 8.24. The molecule has 1 N–H and O–H groups in total. The second kappa shape index (κ2) is 6.88. The molecule has 1 aromatic heterocycles. The van der Waals surface area contributed by atoms with Crippen LogP contribution >= 0.6 is 0 Å². The van der Waals surface area contributed by atoms with E-state index in [0.29, 0.717) is 17.9 Å². The van der Waals surface area contributed by atoms with Crippen molar-refractivity contribution in [3.63, 3.8) is 0 Å². The van der Waals surface area contributed by atoms with Gasteiger partial charge in [0, 0.05) is 19.6 Å². The van der Waals surface area contributed by atoms with Gasteiger partial charge in [0.15, 0.2) is 0 Å². The van der Waals surface area contributed by atoms with E-state index in [9.17, 15) is 0 Å². The second-order valence-corrected chi connectivity index (χ2v) is 3.56. The van der Waals surface area contributed by atoms with Crippen molar-refractivity contribution in [3.05, 3.63) is 0 Å². The molecule has 1 heterocycles. The average Bonchev–Trinajstić information content (AvgIpc) is 2.35. The third-order valence-electron chi connectivity index (χ3n) is 2.28. The molecule has 0 aliphatic heterocycles. The van der Waals surface area contributed by atoms with Crippen LogP contribution in [0.2, 0.25) is 0 Å². The fraction of sp³-hybridized carbons (Fsp3) is 0.727. The molecule has 0 unspecified atom stereocenters. The van der Waals surface area contributed by atoms with Gasteiger partial charge >= 0.3 is 6.01 Å². The quantitative estimate of drug-likeness (QED) is 0.779. The van der Waals surface area contributed by atoms with Crippen LogP contribution in [-0.4, -0.2) is 41.7 Å². The number of nitrogens with zero attached hydrogens (tertiary/aromatic N) is 4. The van der Waals surface area contributed by atoms with Gasteiger partial charge in [-0.15, -0.1) is 0 Å². The van der Waals surface area contributed by atoms with Crippen LogP contribution in [0.25, 0.3) is 0 Å². The van der Waals surface area contributed by atoms with Gasteiger partial charge < -0.3 is 15.0 Å². The molecule has 0 atom stereocenters. The van der Waals surface area contributed by atoms with Gasteiger partial charge in [-0.1, -0.05) is 6.92 Å². The van der Waals surface area contributed by atoms with E-state index in [2.05, 4.69) is 39.0 Å². The molecule has 0 fully saturated rings. The Bertz CT molecular complexity index is 345. The van der Waals surface area contributed by atoms with E-state index in [4.69, 9.17) is 4.74 Å². The maximum atomic E-state index is 5.09. The zero-order chi connectivity index (χ0) is 12.7. The van der Waals surface area contributed by atoms with E-state index >= 15 is 0 Å². The highest BCUT2D eigenvalue weighted by Crippen LogP contribution is 2.14. The molecule has 6 nitrogen and oxygen atoms in total. The van der Waals surface area contributed by atoms with Crippen molar-refractivity contribution in [1.82, 2.24) is 15.0 Å². The zero-order valence-corrected chi connectivity index (χ0v) is 11.0. The summed E-state index contributed by atoms with van der Waals surface area (Å²) in [6.45, 7) is 8.78. The number of anilines is 2. The molecule has 0 radical (unpaired) electrons. The van der Waals surface area contributed by atoms with E-state index in [0.717, 1.165) is 26.1 Å². The van der Waals surface area contributed by atoms with E-state index in [1.54, 1.807) is 7.11 Å². The molecular weight excluding hydrogens is 218 g/mol. The fourth-order valence-corrected chi connectivity index (χ4v) is 1.49. The Morgan fingerprint density at radius 2 is 1.94 bits per heavy atom. The van der Waals surface area contributed by atoms with Gasteiger partial charge in [0.2, 0.25) is 11.9 Å². The summed E-state index contributed by atoms with van der Waals surface area (Å²) in [5.74, 6) is 1.22. The number of methoxy groups -OCH3 is 1. The summed E-state index contributed by atoms with van der Waals surface area (Å²) < 4.78 is 5.09. The minimum Gasteiger partial charge on any atom is -0.467 e. The first-order valence-electron chi connectivity index (χ1n) is 6.03. The van der Waals surface area contributed by atoms with Gasteiger partial charge in [-0.05, 0) is 20.3 Å². The van der Waals surface area contributed by atoms with Crippen LogP contribution in [0.1, 0.15) is 27.2 Å². The predicted molar refractivity (Wildman–Crippen MR) is 68.7 cm³/mol. The third-order valence-corrected chi connectivity index (χ3v) is 2.28. The number of hydrogen-bond donors (Lipinski definition) is 1. The molecule has 96 valence electrons. The number of hydrogen-bond acceptors (Lipinski definition) is 6. The highest BCUT2D eigenvalue weighted by Gasteiger charge is 2.11. The normalized spacial score (nSPS) is 10.1. The molecule has 0 aromatic carbocycles. The van der Waals surface area contributed by atoms with Crippen LogP contribution in [-0.2, 0) is 0 Å². The Labute approximate surface area is 102 Å². The van der Waals surface area contributed by atoms with Gasteiger partial charge in [-0.2, -0.15) is 15.0 Å². The van der Waals surface area contributed by atoms with Crippen molar-refractivity contribution in [1.29, 1.82) is 0 Å². The SMILES string of the molecule is CCCN(CC)c1nc(NCC)nc(OC)n1. The van der Waals surface area contributed by atoms with Crippen LogP contribution in [0.4, 0.5) is 11.9 Å². The van der Waals surface area contributed by atoms with Crippen LogP contribution in [0.5, 0.6) is 6.01 Å². The van der Waals surface area contributed by atoms with Crippen molar-refractivity contribution >= 4 is 11.9 Å². The van der Waals surface area contributed by atoms with E-state index in [-0.39, 0.29) is 0 Å². The fourth-order valence-electron chi connectivity index (χ4n) is 1.49. The standard InChI is InChI=1S/C11H21N5O/c1-5-8-16(7-3)10-13-9(12-6-2)14-11(15-10)17-4/h5-8H2,1-4H3,(H,12,13,14,15). The van der Waals surface area contributed by atoms with Gasteiger partial charge in [0.1, 0.15) is 0 Å². The minimum atomic E-state index is 0.348. The molecule has 6 heteroatoms. The molecule has 1 aromatic rings. The Morgan fingerprint density at radius 3 is 2.47 bits per heavy atom. The molecule has 0 saturated heterocycles. The summed E-state index contributed by atoms with van der Waals surface area (Å²) in [6, 6.07) is 0.348. The van der Waals surface area contributed by atoms with Crippen molar-refractivity contribution in [2.45, 2.75) is 27.2 Å². The highest BCUT2D eigenvalue weighted by molar-refractivity contribution is 5.38. The Kier molecular flexibility index (Phi) is 5.45. The smallest absolute Gasteiger partial charge is 0.322 e. The molecule has 0 aliphatic rings. The third kappa shape index (κ3) is 3.72. The summed E-state index contributed by atoms with van der Waals surface area (Å²) in [5, 5.41) is 3.07. The van der Waals surface area contributed by atoms with Gasteiger partial charge in [0.25, 0.3) is 0 Å². The number of ether oxygens (including phenoxy) is 1. The van der Waals surface area contributed by atoms with Crippen molar-refractivity contribution < 1.29 is 4.74 Å². The summed E-state index contributed by atoms with van der Waals surface area (Å²) in [4.78, 5) is 14.9. The molecular formula is C11H21N5O. The van der Waals surface area contributed by atoms with Gasteiger partial charge in [0.05, 0.1) is 7.11 Å². The largest absolute Gasteiger partial charge is 0.467 e. The lowest BCUT2D eigenvalue weighted by Gasteiger charge is -2.20. The lowest BCUT2D eigenvalue weighted by Crippen LogP contribution is -2.26. The first kappa shape index (κ1) is 13.5. The highest BCUT2D eigenvalue weighted by atomic mass is 16.5. The number of rotatable bonds is 7. The molecule has 1 rings (SSSR count). The molecule has 17 heavy (non-hydrogen) atoms. The summed E-state index contributed by atoms with van der Waals surface area (Å²) in [6.07, 6.45) is 1.05. The predicted octanol–water partition coefficient (Wildman–Crippen LogP) is 1.55. The Balaban J connectivity index is 2.99. The van der Waals surface area contributed by atoms with Crippen molar-refractivity contribution in [2.24, 2.45) is 0 Å². The number of aromatic nitrogens is 3. The Morgan fingerprint density at radius 1 is 1.18 bits per heavy atom. The molecule has 0 saturated carbocycles. The van der Waals surface area contributed by atoms with Crippen LogP contribution in [0, 0.1) is 0 Å². The topological polar surface area (TPSA) is 63.2 Å². The van der Waals surface area contributed by atoms with Crippen molar-refractivity contribution in [3.8, 4) is 6.01 Å². The lowest BCUT2D eigenvalue weighted by molar-refractivity contribution is 0.378. The van der Waals surface area contributed by atoms with Crippen LogP contribution in [0.15, 0.2) is 0 Å². The maximum Gasteiger partial charge on any atom is 0.322 e. The van der Waals surface area contributed by atoms with Gasteiger partial charge in [-0.3, -0.25) is 0 Å². The average molecular weight is 239 g/mol. The second-order valence-electron chi connectivity index (χ2n) is 3.56. The summed E-state index contributed by atoms with van der Waals surface area (Å²) >= 11 is 0. The monoisotopic (exact) mass is 239 g/mol. The van der Waals surface area contributed by atoms with E-state index < -0.39 is 0 Å². The molecule has 0 aliphatic carbocycles. The zero-order valence-electron chi connectivity index (χ0n) is 11.0. The molecule has 0 bridgehead atoms. The van der Waals surface area contributed by atoms with Gasteiger partial charge in [-0.25, -0.2) is 0 Å². The first-order valence-corrected chi connectivity index (χ1v) is 6.03. The molecule has 0 amide bonds. The van der Waals surface area contributed by atoms with E-state index in [1.807, 2.05) is 6.92 Å². The maximum absolute atomic E-state index is 5.09. The lowest BCUT2D eigenvalue weighted by atomic mass is 10.4. The number of nitrogens with one attached hydrogen (secondary N) is 1. The van der Waals surface area contributed by atoms with Crippen molar-refractivity contribution in [2.75, 3.05) is 37.0 Å². The minimum absolute atomic E-state index is 0.348. The Hall–Kier alpha value is -1.59. The summed E-state index contributed by atoms with van der Waals surface area (Å²) in [7, 11) is 1.56.